The Morgan fingerprint density at radius 2 is 0.778 bits per heavy atom. The zero-order chi connectivity index (χ0) is 7.15. The summed E-state index contributed by atoms with van der Waals surface area (Å²) in [6, 6.07) is 0. The number of rotatable bonds is 0. The van der Waals surface area contributed by atoms with Crippen molar-refractivity contribution in [3.8, 4) is 0 Å². The molecule has 0 saturated carbocycles. The molecule has 4 N–H and O–H groups in total. The van der Waals surface area contributed by atoms with Gasteiger partial charge in [-0.15, -0.1) is 19.6 Å². The average molecular weight is 357 g/mol. The van der Waals surface area contributed by atoms with Crippen molar-refractivity contribution in [1.82, 2.24) is 0 Å². The van der Waals surface area contributed by atoms with E-state index in [-0.39, 0.29) is 21.1 Å². The van der Waals surface area contributed by atoms with Crippen LogP contribution in [0.5, 0.6) is 0 Å². The molecule has 0 unspecified atom stereocenters. The van der Waals surface area contributed by atoms with Gasteiger partial charge in [-0.2, -0.15) is 0 Å². The fraction of sp³-hybridized carbons (Fsp3) is 0. The molecule has 6 nitrogen and oxygen atoms in total. The van der Waals surface area contributed by atoms with E-state index in [9.17, 15) is 0 Å². The first kappa shape index (κ1) is 16.4. The summed E-state index contributed by atoms with van der Waals surface area (Å²) in [5.41, 5.74) is 0. The zero-order valence-electron chi connectivity index (χ0n) is 3.82. The van der Waals surface area contributed by atoms with Gasteiger partial charge in [0.1, 0.15) is 0 Å². The minimum atomic E-state index is -2.87. The fourth-order valence-electron chi connectivity index (χ4n) is 0. The molecule has 0 atom stereocenters. The normalized spacial score (nSPS) is 5.78. The number of hydrogen-bond acceptors (Lipinski definition) is 2. The van der Waals surface area contributed by atoms with Crippen molar-refractivity contribution >= 4 is 16.5 Å². The Balaban J connectivity index is -0.0000000720. The Labute approximate surface area is 66.7 Å². The summed E-state index contributed by atoms with van der Waals surface area (Å²) < 4.78 is 17.4. The molecule has 0 spiro atoms. The molecule has 0 saturated heterocycles. The Bertz CT molecular complexity index is 69.1. The quantitative estimate of drug-likeness (QED) is 0.425. The van der Waals surface area contributed by atoms with Gasteiger partial charge in [0.2, 0.25) is 0 Å². The predicted octanol–water partition coefficient (Wildman–Crippen LogP) is -0.746. The second-order valence-electron chi connectivity index (χ2n) is 0.505. The van der Waals surface area contributed by atoms with E-state index in [1.165, 1.54) is 0 Å². The molecular formula is H4O6P2Pt+2. The van der Waals surface area contributed by atoms with Gasteiger partial charge in [0.05, 0.1) is 0 Å². The first-order valence-corrected chi connectivity index (χ1v) is 3.50. The molecule has 0 aliphatic heterocycles. The van der Waals surface area contributed by atoms with Crippen molar-refractivity contribution in [2.75, 3.05) is 0 Å². The maximum Gasteiger partial charge on any atom is 0.692 e. The summed E-state index contributed by atoms with van der Waals surface area (Å²) in [6.07, 6.45) is 0. The van der Waals surface area contributed by atoms with Gasteiger partial charge < -0.3 is 0 Å². The molecule has 0 bridgehead atoms. The summed E-state index contributed by atoms with van der Waals surface area (Å²) in [7, 11) is -5.74. The molecule has 0 heterocycles. The molecule has 58 valence electrons. The van der Waals surface area contributed by atoms with Crippen LogP contribution in [0.15, 0.2) is 0 Å². The van der Waals surface area contributed by atoms with Crippen molar-refractivity contribution in [1.29, 1.82) is 0 Å². The molecule has 0 fully saturated rings. The molecule has 0 amide bonds. The first-order valence-electron chi connectivity index (χ1n) is 1.17. The van der Waals surface area contributed by atoms with E-state index >= 15 is 0 Å². The molecule has 0 aliphatic carbocycles. The van der Waals surface area contributed by atoms with E-state index in [2.05, 4.69) is 0 Å². The maximum atomic E-state index is 8.70. The molecule has 0 aromatic rings. The number of hydrogen-bond donors (Lipinski definition) is 4. The van der Waals surface area contributed by atoms with Gasteiger partial charge >= 0.3 is 16.5 Å². The average Bonchev–Trinajstić information content (AvgIpc) is 1.25. The van der Waals surface area contributed by atoms with Crippen molar-refractivity contribution in [2.24, 2.45) is 0 Å². The fourth-order valence-corrected chi connectivity index (χ4v) is 0. The van der Waals surface area contributed by atoms with Crippen LogP contribution in [0.25, 0.3) is 0 Å². The van der Waals surface area contributed by atoms with Crippen LogP contribution in [0.3, 0.4) is 0 Å². The van der Waals surface area contributed by atoms with Gasteiger partial charge in [-0.3, -0.25) is 0 Å². The molecular weight excluding hydrogens is 353 g/mol. The van der Waals surface area contributed by atoms with Crippen LogP contribution in [-0.2, 0) is 30.2 Å². The molecule has 0 aromatic carbocycles. The second-order valence-corrected chi connectivity index (χ2v) is 1.52. The Morgan fingerprint density at radius 1 is 0.778 bits per heavy atom. The minimum Gasteiger partial charge on any atom is -0.134 e. The first-order chi connectivity index (χ1) is 3.46. The van der Waals surface area contributed by atoms with Crippen molar-refractivity contribution in [2.45, 2.75) is 0 Å². The zero-order valence-corrected chi connectivity index (χ0v) is 7.88. The van der Waals surface area contributed by atoms with Crippen LogP contribution in [0, 0.1) is 0 Å². The molecule has 0 aliphatic rings. The van der Waals surface area contributed by atoms with Crippen molar-refractivity contribution in [3.63, 3.8) is 0 Å². The monoisotopic (exact) mass is 357 g/mol. The van der Waals surface area contributed by atoms with Crippen LogP contribution in [0.4, 0.5) is 0 Å². The topological polar surface area (TPSA) is 115 Å². The smallest absolute Gasteiger partial charge is 0.134 e. The molecule has 0 aromatic heterocycles. The van der Waals surface area contributed by atoms with Crippen LogP contribution in [-0.4, -0.2) is 19.6 Å². The van der Waals surface area contributed by atoms with Crippen LogP contribution in [0.2, 0.25) is 0 Å². The summed E-state index contributed by atoms with van der Waals surface area (Å²) in [5, 5.41) is 0. The van der Waals surface area contributed by atoms with Crippen LogP contribution in [0.1, 0.15) is 0 Å². The van der Waals surface area contributed by atoms with E-state index in [0.717, 1.165) is 0 Å². The Morgan fingerprint density at radius 3 is 0.778 bits per heavy atom. The third-order valence-corrected chi connectivity index (χ3v) is 0. The van der Waals surface area contributed by atoms with Crippen molar-refractivity contribution in [3.05, 3.63) is 0 Å². The maximum absolute atomic E-state index is 8.70. The van der Waals surface area contributed by atoms with Gasteiger partial charge in [-0.25, -0.2) is 0 Å². The van der Waals surface area contributed by atoms with E-state index in [1.807, 2.05) is 0 Å². The van der Waals surface area contributed by atoms with E-state index in [4.69, 9.17) is 28.7 Å². The van der Waals surface area contributed by atoms with Gasteiger partial charge in [-0.05, 0) is 0 Å². The predicted molar refractivity (Wildman–Crippen MR) is 24.1 cm³/mol. The van der Waals surface area contributed by atoms with Crippen molar-refractivity contribution < 1.29 is 49.8 Å². The molecule has 0 rings (SSSR count). The summed E-state index contributed by atoms with van der Waals surface area (Å²) in [5.74, 6) is 0. The summed E-state index contributed by atoms with van der Waals surface area (Å²) in [6.45, 7) is 0. The van der Waals surface area contributed by atoms with E-state index in [1.54, 1.807) is 0 Å². The summed E-state index contributed by atoms with van der Waals surface area (Å²) >= 11 is 0. The summed E-state index contributed by atoms with van der Waals surface area (Å²) in [4.78, 5) is 28.5. The van der Waals surface area contributed by atoms with Gasteiger partial charge in [0.15, 0.2) is 0 Å². The Kier molecular flexibility index (Phi) is 20.9. The molecule has 9 heavy (non-hydrogen) atoms. The third kappa shape index (κ3) is 745. The SMILES string of the molecule is O=[P+](O)O.O=[P+](O)O.[Pt]. The standard InChI is InChI=1S/2HO3P.Pt/c2*1-4(2)3;/h2*(H-,1,2,3);/p+2. The van der Waals surface area contributed by atoms with Gasteiger partial charge in [-0.1, -0.05) is 0 Å². The third-order valence-electron chi connectivity index (χ3n) is 0. The second kappa shape index (κ2) is 11.5. The van der Waals surface area contributed by atoms with Gasteiger partial charge in [0.25, 0.3) is 0 Å². The largest absolute Gasteiger partial charge is 0.692 e. The van der Waals surface area contributed by atoms with E-state index < -0.39 is 16.5 Å². The van der Waals surface area contributed by atoms with Crippen LogP contribution >= 0.6 is 16.5 Å². The van der Waals surface area contributed by atoms with E-state index in [0.29, 0.717) is 0 Å². The molecule has 9 heteroatoms. The van der Waals surface area contributed by atoms with Crippen LogP contribution < -0.4 is 0 Å². The Hall–Kier alpha value is 0.728. The van der Waals surface area contributed by atoms with Gasteiger partial charge in [0, 0.05) is 30.2 Å². The minimum absolute atomic E-state index is 0. The molecule has 0 radical (unpaired) electrons.